The number of rotatable bonds is 3. The highest BCUT2D eigenvalue weighted by Crippen LogP contribution is 2.23. The maximum Gasteiger partial charge on any atom is 0.335 e. The van der Waals surface area contributed by atoms with Crippen LogP contribution in [0.15, 0.2) is 22.7 Å². The summed E-state index contributed by atoms with van der Waals surface area (Å²) in [6.45, 7) is 3.38. The molecule has 5 nitrogen and oxygen atoms in total. The largest absolute Gasteiger partial charge is 0.478 e. The Labute approximate surface area is 119 Å². The van der Waals surface area contributed by atoms with Crippen LogP contribution in [0.1, 0.15) is 24.2 Å². The van der Waals surface area contributed by atoms with Gasteiger partial charge in [-0.2, -0.15) is 0 Å². The third kappa shape index (κ3) is 4.30. The van der Waals surface area contributed by atoms with Gasteiger partial charge in [0.1, 0.15) is 0 Å². The number of carbonyl (C=O) groups excluding carboxylic acids is 1. The zero-order valence-corrected chi connectivity index (χ0v) is 12.0. The molecule has 1 rings (SSSR count). The lowest BCUT2D eigenvalue weighted by atomic mass is 10.1. The first-order valence-electron chi connectivity index (χ1n) is 5.35. The van der Waals surface area contributed by atoms with Gasteiger partial charge in [-0.15, -0.1) is 6.42 Å². The van der Waals surface area contributed by atoms with Crippen LogP contribution in [0.25, 0.3) is 0 Å². The molecule has 0 spiro atoms. The molecule has 0 saturated carbocycles. The van der Waals surface area contributed by atoms with Gasteiger partial charge in [-0.25, -0.2) is 9.59 Å². The number of carbonyl (C=O) groups is 2. The highest BCUT2D eigenvalue weighted by Gasteiger charge is 2.17. The molecule has 0 unspecified atom stereocenters. The monoisotopic (exact) mass is 324 g/mol. The summed E-state index contributed by atoms with van der Waals surface area (Å²) in [6.07, 6.45) is 5.26. The molecule has 19 heavy (non-hydrogen) atoms. The predicted octanol–water partition coefficient (Wildman–Crippen LogP) is 2.68. The summed E-state index contributed by atoms with van der Waals surface area (Å²) in [6, 6.07) is 3.83. The molecular weight excluding hydrogens is 312 g/mol. The van der Waals surface area contributed by atoms with Crippen molar-refractivity contribution in [1.82, 2.24) is 5.32 Å². The molecule has 0 atom stereocenters. The van der Waals surface area contributed by atoms with E-state index in [-0.39, 0.29) is 5.56 Å². The average Bonchev–Trinajstić information content (AvgIpc) is 2.30. The molecule has 0 bridgehead atoms. The number of amides is 2. The highest BCUT2D eigenvalue weighted by atomic mass is 79.9. The van der Waals surface area contributed by atoms with Crippen LogP contribution in [-0.2, 0) is 0 Å². The summed E-state index contributed by atoms with van der Waals surface area (Å²) in [5.74, 6) is 1.40. The normalized spacial score (nSPS) is 10.4. The van der Waals surface area contributed by atoms with E-state index in [2.05, 4.69) is 32.5 Å². The number of aromatic carboxylic acids is 1. The number of urea groups is 1. The van der Waals surface area contributed by atoms with Crippen LogP contribution in [0, 0.1) is 12.3 Å². The van der Waals surface area contributed by atoms with Crippen molar-refractivity contribution in [3.63, 3.8) is 0 Å². The second-order valence-electron chi connectivity index (χ2n) is 4.35. The van der Waals surface area contributed by atoms with Crippen LogP contribution < -0.4 is 10.6 Å². The predicted molar refractivity (Wildman–Crippen MR) is 76.2 cm³/mol. The summed E-state index contributed by atoms with van der Waals surface area (Å²) in [4.78, 5) is 22.5. The quantitative estimate of drug-likeness (QED) is 0.748. The first-order valence-corrected chi connectivity index (χ1v) is 6.14. The minimum absolute atomic E-state index is 0.127. The second-order valence-corrected chi connectivity index (χ2v) is 5.20. The highest BCUT2D eigenvalue weighted by molar-refractivity contribution is 9.10. The van der Waals surface area contributed by atoms with E-state index in [1.807, 2.05) is 0 Å². The molecular formula is C13H13BrN2O3. The van der Waals surface area contributed by atoms with Crippen LogP contribution in [0.5, 0.6) is 0 Å². The van der Waals surface area contributed by atoms with Crippen molar-refractivity contribution in [2.75, 3.05) is 5.32 Å². The Morgan fingerprint density at radius 3 is 2.53 bits per heavy atom. The molecule has 100 valence electrons. The molecule has 1 aromatic carbocycles. The Balaban J connectivity index is 2.81. The van der Waals surface area contributed by atoms with Crippen LogP contribution in [0.4, 0.5) is 10.5 Å². The number of terminal acetylenes is 1. The number of nitrogens with one attached hydrogen (secondary N) is 2. The summed E-state index contributed by atoms with van der Waals surface area (Å²) in [5.41, 5.74) is -0.186. The van der Waals surface area contributed by atoms with E-state index in [9.17, 15) is 9.59 Å². The van der Waals surface area contributed by atoms with E-state index in [1.165, 1.54) is 18.2 Å². The van der Waals surface area contributed by atoms with Gasteiger partial charge in [0.25, 0.3) is 0 Å². The van der Waals surface area contributed by atoms with Crippen molar-refractivity contribution in [2.24, 2.45) is 0 Å². The number of anilines is 1. The number of hydrogen-bond donors (Lipinski definition) is 3. The standard InChI is InChI=1S/C13H13BrN2O3/c1-4-13(2,3)16-12(19)15-10-6-5-8(11(17)18)7-9(10)14/h1,5-7H,2-3H3,(H,17,18)(H2,15,16,19). The summed E-state index contributed by atoms with van der Waals surface area (Å²) < 4.78 is 0.473. The molecule has 0 heterocycles. The molecule has 6 heteroatoms. The molecule has 0 radical (unpaired) electrons. The molecule has 0 aliphatic carbocycles. The molecule has 0 aliphatic heterocycles. The lowest BCUT2D eigenvalue weighted by Crippen LogP contribution is -2.44. The molecule has 0 aromatic heterocycles. The van der Waals surface area contributed by atoms with Crippen LogP contribution >= 0.6 is 15.9 Å². The number of carboxylic acids is 1. The molecule has 1 aromatic rings. The second kappa shape index (κ2) is 5.76. The zero-order chi connectivity index (χ0) is 14.6. The fraction of sp³-hybridized carbons (Fsp3) is 0.231. The van der Waals surface area contributed by atoms with Gasteiger partial charge in [-0.05, 0) is 48.0 Å². The van der Waals surface area contributed by atoms with Crippen molar-refractivity contribution in [2.45, 2.75) is 19.4 Å². The number of carboxylic acid groups (broad SMARTS) is 1. The summed E-state index contributed by atoms with van der Waals surface area (Å²) in [7, 11) is 0. The van der Waals surface area contributed by atoms with Gasteiger partial charge >= 0.3 is 12.0 Å². The Morgan fingerprint density at radius 1 is 1.42 bits per heavy atom. The Kier molecular flexibility index (Phi) is 4.57. The van der Waals surface area contributed by atoms with Gasteiger partial charge in [-0.1, -0.05) is 5.92 Å². The van der Waals surface area contributed by atoms with Gasteiger partial charge in [0.2, 0.25) is 0 Å². The first-order chi connectivity index (χ1) is 8.75. The lowest BCUT2D eigenvalue weighted by Gasteiger charge is -2.20. The molecule has 3 N–H and O–H groups in total. The lowest BCUT2D eigenvalue weighted by molar-refractivity contribution is 0.0697. The Bertz CT molecular complexity index is 561. The van der Waals surface area contributed by atoms with Gasteiger partial charge in [0.15, 0.2) is 0 Å². The summed E-state index contributed by atoms with van der Waals surface area (Å²) >= 11 is 3.19. The van der Waals surface area contributed by atoms with Crippen LogP contribution in [0.2, 0.25) is 0 Å². The van der Waals surface area contributed by atoms with Gasteiger partial charge < -0.3 is 15.7 Å². The summed E-state index contributed by atoms with van der Waals surface area (Å²) in [5, 5.41) is 14.0. The van der Waals surface area contributed by atoms with Crippen molar-refractivity contribution in [1.29, 1.82) is 0 Å². The fourth-order valence-corrected chi connectivity index (χ4v) is 1.70. The van der Waals surface area contributed by atoms with E-state index >= 15 is 0 Å². The van der Waals surface area contributed by atoms with Crippen molar-refractivity contribution >= 4 is 33.6 Å². The number of benzene rings is 1. The maximum absolute atomic E-state index is 11.7. The first kappa shape index (κ1) is 15.1. The molecule has 0 fully saturated rings. The van der Waals surface area contributed by atoms with E-state index in [0.717, 1.165) is 0 Å². The SMILES string of the molecule is C#CC(C)(C)NC(=O)Nc1ccc(C(=O)O)cc1Br. The third-order valence-electron chi connectivity index (χ3n) is 2.25. The number of hydrogen-bond acceptors (Lipinski definition) is 2. The van der Waals surface area contributed by atoms with Crippen molar-refractivity contribution < 1.29 is 14.7 Å². The van der Waals surface area contributed by atoms with Crippen LogP contribution in [0.3, 0.4) is 0 Å². The van der Waals surface area contributed by atoms with Crippen molar-refractivity contribution in [3.8, 4) is 12.3 Å². The number of halogens is 1. The van der Waals surface area contributed by atoms with E-state index in [1.54, 1.807) is 13.8 Å². The van der Waals surface area contributed by atoms with E-state index in [4.69, 9.17) is 11.5 Å². The Morgan fingerprint density at radius 2 is 2.05 bits per heavy atom. The van der Waals surface area contributed by atoms with Gasteiger partial charge in [-0.3, -0.25) is 0 Å². The fourth-order valence-electron chi connectivity index (χ4n) is 1.22. The molecule has 2 amide bonds. The van der Waals surface area contributed by atoms with Gasteiger partial charge in [0, 0.05) is 4.47 Å². The third-order valence-corrected chi connectivity index (χ3v) is 2.91. The van der Waals surface area contributed by atoms with Crippen LogP contribution in [-0.4, -0.2) is 22.6 Å². The molecule has 0 aliphatic rings. The van der Waals surface area contributed by atoms with E-state index < -0.39 is 17.5 Å². The zero-order valence-electron chi connectivity index (χ0n) is 10.5. The van der Waals surface area contributed by atoms with Crippen molar-refractivity contribution in [3.05, 3.63) is 28.2 Å². The van der Waals surface area contributed by atoms with Gasteiger partial charge in [0.05, 0.1) is 16.8 Å². The average molecular weight is 325 g/mol. The Hall–Kier alpha value is -2.00. The minimum atomic E-state index is -1.04. The topological polar surface area (TPSA) is 78.4 Å². The maximum atomic E-state index is 11.7. The van der Waals surface area contributed by atoms with E-state index in [0.29, 0.717) is 10.2 Å². The molecule has 0 saturated heterocycles. The smallest absolute Gasteiger partial charge is 0.335 e. The minimum Gasteiger partial charge on any atom is -0.478 e.